The molecule has 0 rings (SSSR count). The van der Waals surface area contributed by atoms with Gasteiger partial charge in [-0.05, 0) is 13.8 Å². The van der Waals surface area contributed by atoms with Gasteiger partial charge in [0.15, 0.2) is 0 Å². The summed E-state index contributed by atoms with van der Waals surface area (Å²) in [5.41, 5.74) is 0. The molecule has 0 aromatic rings. The first-order valence-corrected chi connectivity index (χ1v) is 3.30. The van der Waals surface area contributed by atoms with Crippen LogP contribution in [0.4, 0.5) is 0 Å². The number of hydrogen-bond donors (Lipinski definition) is 1. The van der Waals surface area contributed by atoms with E-state index in [9.17, 15) is 4.79 Å². The molecule has 0 atom stereocenters. The Balaban J connectivity index is -0.0000000750. The highest BCUT2D eigenvalue weighted by molar-refractivity contribution is 6.40. The van der Waals surface area contributed by atoms with Crippen LogP contribution in [0.1, 0.15) is 13.8 Å². The summed E-state index contributed by atoms with van der Waals surface area (Å²) in [5, 5.41) is 7.08. The lowest BCUT2D eigenvalue weighted by Gasteiger charge is -1.56. The van der Waals surface area contributed by atoms with Gasteiger partial charge in [-0.25, -0.2) is 0 Å². The fourth-order valence-electron chi connectivity index (χ4n) is 0. The van der Waals surface area contributed by atoms with Gasteiger partial charge < -0.3 is 9.90 Å². The first-order chi connectivity index (χ1) is 4.56. The van der Waals surface area contributed by atoms with Crippen LogP contribution in [0.15, 0.2) is 0 Å². The molecule has 10 heavy (non-hydrogen) atoms. The zero-order valence-corrected chi connectivity index (χ0v) is 7.32. The van der Waals surface area contributed by atoms with Crippen molar-refractivity contribution >= 4 is 35.5 Å². The summed E-state index contributed by atoms with van der Waals surface area (Å²) in [6, 6.07) is 0. The molecule has 5 heteroatoms. The van der Waals surface area contributed by atoms with Gasteiger partial charge in [0.25, 0.3) is 6.47 Å². The van der Waals surface area contributed by atoms with Crippen LogP contribution >= 0.6 is 23.2 Å². The minimum absolute atomic E-state index is 0.167. The molecular formula is C5H10Cl2O3. The molecule has 0 aromatic heterocycles. The Bertz CT molecular complexity index is 71.3. The molecule has 0 amide bonds. The Kier molecular flexibility index (Phi) is 38.2. The number of ketones is 1. The van der Waals surface area contributed by atoms with Crippen molar-refractivity contribution in [3.63, 3.8) is 0 Å². The Labute approximate surface area is 69.9 Å². The van der Waals surface area contributed by atoms with Crippen molar-refractivity contribution in [2.24, 2.45) is 0 Å². The van der Waals surface area contributed by atoms with Crippen molar-refractivity contribution in [1.82, 2.24) is 0 Å². The summed E-state index contributed by atoms with van der Waals surface area (Å²) < 4.78 is 0. The van der Waals surface area contributed by atoms with Crippen LogP contribution in [0, 0.1) is 0 Å². The number of halogens is 2. The monoisotopic (exact) mass is 188 g/mol. The molecule has 3 nitrogen and oxygen atoms in total. The molecule has 62 valence electrons. The van der Waals surface area contributed by atoms with Gasteiger partial charge in [0.05, 0.1) is 5.34 Å². The third-order valence-corrected chi connectivity index (χ3v) is 0. The maximum absolute atomic E-state index is 9.44. The van der Waals surface area contributed by atoms with Crippen LogP contribution in [0.2, 0.25) is 0 Å². The van der Waals surface area contributed by atoms with E-state index in [0.717, 1.165) is 0 Å². The standard InChI is InChI=1S/C3H6O.CH2Cl2.CH2O2/c1-3(2)4;2*2-1-3/h1-2H3;1H2;1H,(H,2,3). The van der Waals surface area contributed by atoms with E-state index < -0.39 is 0 Å². The van der Waals surface area contributed by atoms with E-state index in [-0.39, 0.29) is 17.6 Å². The van der Waals surface area contributed by atoms with Crippen molar-refractivity contribution < 1.29 is 14.7 Å². The maximum Gasteiger partial charge on any atom is 0.290 e. The smallest absolute Gasteiger partial charge is 0.290 e. The summed E-state index contributed by atoms with van der Waals surface area (Å²) >= 11 is 9.53. The number of rotatable bonds is 0. The van der Waals surface area contributed by atoms with Gasteiger partial charge >= 0.3 is 0 Å². The van der Waals surface area contributed by atoms with Gasteiger partial charge in [0.1, 0.15) is 5.78 Å². The number of carboxylic acid groups (broad SMARTS) is 1. The van der Waals surface area contributed by atoms with E-state index in [1.165, 1.54) is 13.8 Å². The molecule has 0 bridgehead atoms. The number of Topliss-reactive ketones (excluding diaryl/α,β-unsaturated/α-hetero) is 1. The maximum atomic E-state index is 9.44. The highest BCUT2D eigenvalue weighted by Gasteiger charge is 1.62. The Morgan fingerprint density at radius 3 is 1.50 bits per heavy atom. The number of carbonyl (C=O) groups excluding carboxylic acids is 1. The SMILES string of the molecule is CC(C)=O.ClCCl.O=CO. The van der Waals surface area contributed by atoms with Gasteiger partial charge in [-0.3, -0.25) is 4.79 Å². The summed E-state index contributed by atoms with van der Waals surface area (Å²) in [6.07, 6.45) is 0. The Morgan fingerprint density at radius 2 is 1.50 bits per heavy atom. The number of hydrogen-bond acceptors (Lipinski definition) is 2. The van der Waals surface area contributed by atoms with Gasteiger partial charge in [0, 0.05) is 0 Å². The van der Waals surface area contributed by atoms with E-state index in [0.29, 0.717) is 0 Å². The molecule has 0 spiro atoms. The Hall–Kier alpha value is -0.280. The molecule has 0 aliphatic rings. The molecular weight excluding hydrogens is 179 g/mol. The van der Waals surface area contributed by atoms with Crippen molar-refractivity contribution in [3.8, 4) is 0 Å². The molecule has 0 aliphatic carbocycles. The first kappa shape index (κ1) is 16.4. The van der Waals surface area contributed by atoms with Crippen LogP contribution in [-0.2, 0) is 9.59 Å². The second-order valence-corrected chi connectivity index (χ2v) is 1.92. The zero-order valence-electron chi connectivity index (χ0n) is 5.80. The van der Waals surface area contributed by atoms with E-state index in [4.69, 9.17) is 33.1 Å². The molecule has 0 fully saturated rings. The molecule has 0 heterocycles. The van der Waals surface area contributed by atoms with Crippen molar-refractivity contribution in [3.05, 3.63) is 0 Å². The summed E-state index contributed by atoms with van der Waals surface area (Å²) in [6.45, 7) is 2.81. The van der Waals surface area contributed by atoms with Crippen molar-refractivity contribution in [2.45, 2.75) is 13.8 Å². The number of alkyl halides is 2. The largest absolute Gasteiger partial charge is 0.483 e. The second kappa shape index (κ2) is 23.3. The molecule has 0 aromatic carbocycles. The second-order valence-electron chi connectivity index (χ2n) is 1.11. The highest BCUT2D eigenvalue weighted by Crippen LogP contribution is 1.73. The molecule has 1 N–H and O–H groups in total. The van der Waals surface area contributed by atoms with Crippen LogP contribution < -0.4 is 0 Å². The molecule has 0 saturated carbocycles. The van der Waals surface area contributed by atoms with Gasteiger partial charge in [0.2, 0.25) is 0 Å². The third-order valence-electron chi connectivity index (χ3n) is 0. The lowest BCUT2D eigenvalue weighted by atomic mass is 10.6. The molecule has 0 unspecified atom stereocenters. The summed E-state index contributed by atoms with van der Waals surface area (Å²) in [4.78, 5) is 17.8. The minimum Gasteiger partial charge on any atom is -0.483 e. The molecule has 0 radical (unpaired) electrons. The average molecular weight is 189 g/mol. The third kappa shape index (κ3) is 4450. The minimum atomic E-state index is -0.250. The predicted molar refractivity (Wildman–Crippen MR) is 41.6 cm³/mol. The van der Waals surface area contributed by atoms with E-state index in [1.807, 2.05) is 0 Å². The van der Waals surface area contributed by atoms with E-state index in [2.05, 4.69) is 0 Å². The quantitative estimate of drug-likeness (QED) is 0.466. The fourth-order valence-corrected chi connectivity index (χ4v) is 0. The average Bonchev–Trinajstić information content (AvgIpc) is 1.65. The topological polar surface area (TPSA) is 54.4 Å². The molecule has 0 saturated heterocycles. The van der Waals surface area contributed by atoms with Gasteiger partial charge in [-0.15, -0.1) is 23.2 Å². The lowest BCUT2D eigenvalue weighted by molar-refractivity contribution is -0.123. The number of carbonyl (C=O) groups is 2. The zero-order chi connectivity index (χ0) is 8.99. The van der Waals surface area contributed by atoms with Crippen LogP contribution in [-0.4, -0.2) is 22.7 Å². The van der Waals surface area contributed by atoms with Crippen LogP contribution in [0.3, 0.4) is 0 Å². The lowest BCUT2D eigenvalue weighted by Crippen LogP contribution is -1.69. The first-order valence-electron chi connectivity index (χ1n) is 2.23. The fraction of sp³-hybridized carbons (Fsp3) is 0.600. The highest BCUT2D eigenvalue weighted by atomic mass is 35.5. The molecule has 0 aliphatic heterocycles. The van der Waals surface area contributed by atoms with Crippen molar-refractivity contribution in [2.75, 3.05) is 5.34 Å². The van der Waals surface area contributed by atoms with Crippen molar-refractivity contribution in [1.29, 1.82) is 0 Å². The predicted octanol–water partition coefficient (Wildman–Crippen LogP) is 1.72. The van der Waals surface area contributed by atoms with E-state index >= 15 is 0 Å². The Morgan fingerprint density at radius 1 is 1.50 bits per heavy atom. The summed E-state index contributed by atoms with van der Waals surface area (Å²) in [7, 11) is 0. The van der Waals surface area contributed by atoms with Crippen LogP contribution in [0.25, 0.3) is 0 Å². The van der Waals surface area contributed by atoms with Gasteiger partial charge in [-0.1, -0.05) is 0 Å². The van der Waals surface area contributed by atoms with Crippen LogP contribution in [0.5, 0.6) is 0 Å². The summed E-state index contributed by atoms with van der Waals surface area (Å²) in [5.74, 6) is 0.167. The normalized spacial score (nSPS) is 5.60. The van der Waals surface area contributed by atoms with E-state index in [1.54, 1.807) is 0 Å². The van der Waals surface area contributed by atoms with Gasteiger partial charge in [-0.2, -0.15) is 0 Å².